The molecule has 5 aromatic carbocycles. The fourth-order valence-electron chi connectivity index (χ4n) is 6.01. The van der Waals surface area contributed by atoms with Gasteiger partial charge in [0.1, 0.15) is 0 Å². The summed E-state index contributed by atoms with van der Waals surface area (Å²) in [5.74, 6) is -1.25. The van der Waals surface area contributed by atoms with E-state index >= 15 is 0 Å². The molecule has 0 spiro atoms. The number of nitrogens with zero attached hydrogens (tertiary/aromatic N) is 2. The standard InChI is InChI=1S/C29H20N2O5/c1-30-26(32)18-8-4-14-16-6-10-20-25-21(29(35)31(28(20)34)12-3-13-36-2)11-7-17(23(16)25)15-5-9-19(27(30)33)24(18)22(14)15/h4-11H,3,12-13H2,1-2H3. The number of amides is 4. The van der Waals surface area contributed by atoms with Gasteiger partial charge in [-0.1, -0.05) is 24.3 Å². The van der Waals surface area contributed by atoms with Crippen LogP contribution in [0.25, 0.3) is 43.1 Å². The molecule has 4 amide bonds. The molecule has 0 radical (unpaired) electrons. The molecule has 0 aliphatic carbocycles. The second-order valence-corrected chi connectivity index (χ2v) is 9.42. The summed E-state index contributed by atoms with van der Waals surface area (Å²) in [5, 5.41) is 6.56. The molecular weight excluding hydrogens is 456 g/mol. The minimum absolute atomic E-state index is 0.292. The molecule has 0 fully saturated rings. The van der Waals surface area contributed by atoms with Crippen LogP contribution < -0.4 is 0 Å². The summed E-state index contributed by atoms with van der Waals surface area (Å²) < 4.78 is 5.10. The Hall–Kier alpha value is -4.36. The number of carbonyl (C=O) groups is 4. The molecule has 2 aliphatic heterocycles. The Morgan fingerprint density at radius 1 is 0.583 bits per heavy atom. The zero-order valence-corrected chi connectivity index (χ0v) is 19.7. The first-order chi connectivity index (χ1) is 17.4. The molecule has 176 valence electrons. The number of carbonyl (C=O) groups excluding carboxylic acids is 4. The molecule has 0 saturated carbocycles. The van der Waals surface area contributed by atoms with Crippen LogP contribution in [-0.4, -0.2) is 60.7 Å². The van der Waals surface area contributed by atoms with Gasteiger partial charge in [0, 0.05) is 60.3 Å². The highest BCUT2D eigenvalue weighted by molar-refractivity contribution is 6.41. The molecule has 5 aromatic rings. The van der Waals surface area contributed by atoms with Crippen molar-refractivity contribution in [3.05, 3.63) is 70.8 Å². The van der Waals surface area contributed by atoms with Gasteiger partial charge < -0.3 is 4.74 Å². The molecule has 0 aromatic heterocycles. The molecule has 2 heterocycles. The minimum Gasteiger partial charge on any atom is -0.385 e. The highest BCUT2D eigenvalue weighted by Gasteiger charge is 2.35. The zero-order chi connectivity index (χ0) is 24.9. The van der Waals surface area contributed by atoms with Crippen LogP contribution in [0.5, 0.6) is 0 Å². The van der Waals surface area contributed by atoms with Gasteiger partial charge in [-0.05, 0) is 63.0 Å². The third kappa shape index (κ3) is 2.40. The first-order valence-corrected chi connectivity index (χ1v) is 11.8. The van der Waals surface area contributed by atoms with Crippen LogP contribution in [0.1, 0.15) is 47.9 Å². The van der Waals surface area contributed by atoms with Gasteiger partial charge in [0.25, 0.3) is 23.6 Å². The SMILES string of the molecule is COCCCN1C(=O)c2ccc3c4ccc5c6c(ccc(c7ccc(c2c37)C1=O)c64)C(=O)N(C)C5=O. The number of benzene rings is 5. The molecule has 0 unspecified atom stereocenters. The van der Waals surface area contributed by atoms with Crippen molar-refractivity contribution in [2.75, 3.05) is 27.3 Å². The van der Waals surface area contributed by atoms with Gasteiger partial charge >= 0.3 is 0 Å². The van der Waals surface area contributed by atoms with E-state index in [4.69, 9.17) is 4.74 Å². The van der Waals surface area contributed by atoms with E-state index in [1.54, 1.807) is 31.4 Å². The van der Waals surface area contributed by atoms with Crippen LogP contribution in [0.3, 0.4) is 0 Å². The van der Waals surface area contributed by atoms with E-state index in [-0.39, 0.29) is 23.6 Å². The molecule has 7 nitrogen and oxygen atoms in total. The topological polar surface area (TPSA) is 84.0 Å². The number of rotatable bonds is 4. The number of hydrogen-bond acceptors (Lipinski definition) is 5. The van der Waals surface area contributed by atoms with Gasteiger partial charge in [0.05, 0.1) is 0 Å². The van der Waals surface area contributed by atoms with Crippen molar-refractivity contribution in [1.82, 2.24) is 9.80 Å². The lowest BCUT2D eigenvalue weighted by Gasteiger charge is -2.29. The summed E-state index contributed by atoms with van der Waals surface area (Å²) in [6.45, 7) is 0.753. The number of ether oxygens (including phenoxy) is 1. The number of hydrogen-bond donors (Lipinski definition) is 0. The molecule has 2 aliphatic rings. The Bertz CT molecular complexity index is 1730. The fraction of sp³-hybridized carbons (Fsp3) is 0.172. The van der Waals surface area contributed by atoms with Crippen LogP contribution >= 0.6 is 0 Å². The largest absolute Gasteiger partial charge is 0.385 e. The van der Waals surface area contributed by atoms with Crippen LogP contribution in [0, 0.1) is 0 Å². The van der Waals surface area contributed by atoms with E-state index in [2.05, 4.69) is 0 Å². The van der Waals surface area contributed by atoms with Crippen LogP contribution in [0.4, 0.5) is 0 Å². The van der Waals surface area contributed by atoms with Crippen molar-refractivity contribution in [1.29, 1.82) is 0 Å². The zero-order valence-electron chi connectivity index (χ0n) is 19.7. The predicted molar refractivity (Wildman–Crippen MR) is 136 cm³/mol. The summed E-state index contributed by atoms with van der Waals surface area (Å²) in [7, 11) is 3.09. The summed E-state index contributed by atoms with van der Waals surface area (Å²) in [5.41, 5.74) is 2.00. The lowest BCUT2D eigenvalue weighted by Crippen LogP contribution is -2.41. The molecule has 7 rings (SSSR count). The maximum absolute atomic E-state index is 13.4. The molecule has 0 N–H and O–H groups in total. The predicted octanol–water partition coefficient (Wildman–Crippen LogP) is 4.60. The molecule has 0 bridgehead atoms. The minimum atomic E-state index is -0.322. The number of imide groups is 2. The van der Waals surface area contributed by atoms with Crippen molar-refractivity contribution in [3.63, 3.8) is 0 Å². The van der Waals surface area contributed by atoms with Gasteiger partial charge in [-0.15, -0.1) is 0 Å². The Morgan fingerprint density at radius 3 is 1.36 bits per heavy atom. The third-order valence-corrected chi connectivity index (χ3v) is 7.65. The maximum atomic E-state index is 13.4. The first-order valence-electron chi connectivity index (χ1n) is 11.8. The van der Waals surface area contributed by atoms with E-state index in [1.807, 2.05) is 24.3 Å². The van der Waals surface area contributed by atoms with Gasteiger partial charge in [-0.3, -0.25) is 29.0 Å². The van der Waals surface area contributed by atoms with Gasteiger partial charge in [0.2, 0.25) is 0 Å². The van der Waals surface area contributed by atoms with E-state index in [0.717, 1.165) is 37.2 Å². The van der Waals surface area contributed by atoms with Gasteiger partial charge in [-0.25, -0.2) is 0 Å². The number of methoxy groups -OCH3 is 1. The van der Waals surface area contributed by atoms with E-state index < -0.39 is 0 Å². The molecular formula is C29H20N2O5. The van der Waals surface area contributed by atoms with Crippen molar-refractivity contribution in [3.8, 4) is 0 Å². The lowest BCUT2D eigenvalue weighted by atomic mass is 9.82. The fourth-order valence-corrected chi connectivity index (χ4v) is 6.01. The van der Waals surface area contributed by atoms with E-state index in [9.17, 15) is 19.2 Å². The Balaban J connectivity index is 1.58. The van der Waals surface area contributed by atoms with Crippen molar-refractivity contribution in [2.45, 2.75) is 6.42 Å². The monoisotopic (exact) mass is 476 g/mol. The Morgan fingerprint density at radius 2 is 0.972 bits per heavy atom. The van der Waals surface area contributed by atoms with Crippen LogP contribution in [-0.2, 0) is 4.74 Å². The lowest BCUT2D eigenvalue weighted by molar-refractivity contribution is 0.0591. The van der Waals surface area contributed by atoms with E-state index in [1.165, 1.54) is 11.9 Å². The summed E-state index contributed by atoms with van der Waals surface area (Å²) in [6, 6.07) is 14.7. The number of fused-ring (bicyclic) bond motifs is 2. The van der Waals surface area contributed by atoms with Crippen LogP contribution in [0.15, 0.2) is 48.5 Å². The third-order valence-electron chi connectivity index (χ3n) is 7.65. The average Bonchev–Trinajstić information content (AvgIpc) is 2.90. The molecule has 0 atom stereocenters. The first kappa shape index (κ1) is 21.0. The smallest absolute Gasteiger partial charge is 0.261 e. The van der Waals surface area contributed by atoms with Gasteiger partial charge in [0.15, 0.2) is 0 Å². The second kappa shape index (κ2) is 7.08. The van der Waals surface area contributed by atoms with E-state index in [0.29, 0.717) is 52.6 Å². The Labute approximate surface area is 205 Å². The summed E-state index contributed by atoms with van der Waals surface area (Å²) >= 11 is 0. The summed E-state index contributed by atoms with van der Waals surface area (Å²) in [4.78, 5) is 55.1. The van der Waals surface area contributed by atoms with Crippen molar-refractivity contribution >= 4 is 66.7 Å². The van der Waals surface area contributed by atoms with Crippen molar-refractivity contribution in [2.24, 2.45) is 0 Å². The highest BCUT2D eigenvalue weighted by atomic mass is 16.5. The molecule has 0 saturated heterocycles. The highest BCUT2D eigenvalue weighted by Crippen LogP contribution is 2.46. The average molecular weight is 476 g/mol. The maximum Gasteiger partial charge on any atom is 0.261 e. The van der Waals surface area contributed by atoms with Crippen molar-refractivity contribution < 1.29 is 23.9 Å². The Kier molecular flexibility index (Phi) is 4.13. The quantitative estimate of drug-likeness (QED) is 0.164. The molecule has 36 heavy (non-hydrogen) atoms. The summed E-state index contributed by atoms with van der Waals surface area (Å²) in [6.07, 6.45) is 0.565. The second-order valence-electron chi connectivity index (χ2n) is 9.42. The normalized spacial score (nSPS) is 15.5. The molecule has 7 heteroatoms. The van der Waals surface area contributed by atoms with Gasteiger partial charge in [-0.2, -0.15) is 0 Å². The van der Waals surface area contributed by atoms with Crippen LogP contribution in [0.2, 0.25) is 0 Å².